The summed E-state index contributed by atoms with van der Waals surface area (Å²) in [4.78, 5) is 2.37. The molecule has 0 spiro atoms. The van der Waals surface area contributed by atoms with Crippen molar-refractivity contribution in [1.82, 2.24) is 0 Å². The van der Waals surface area contributed by atoms with Gasteiger partial charge in [0.25, 0.3) is 0 Å². The van der Waals surface area contributed by atoms with E-state index in [9.17, 15) is 0 Å². The summed E-state index contributed by atoms with van der Waals surface area (Å²) in [5.41, 5.74) is 10.8. The molecule has 6 aromatic carbocycles. The number of rotatable bonds is 11. The van der Waals surface area contributed by atoms with E-state index < -0.39 is 0 Å². The first kappa shape index (κ1) is 34.2. The molecule has 1 aliphatic carbocycles. The lowest BCUT2D eigenvalue weighted by molar-refractivity contribution is 0.603. The van der Waals surface area contributed by atoms with Gasteiger partial charge in [0, 0.05) is 39.2 Å². The number of furan rings is 1. The molecule has 2 nitrogen and oxygen atoms in total. The third-order valence-electron chi connectivity index (χ3n) is 9.97. The fraction of sp³-hybridized carbons (Fsp3) is 0.0385. The van der Waals surface area contributed by atoms with E-state index in [4.69, 9.17) is 4.42 Å². The Labute approximate surface area is 318 Å². The van der Waals surface area contributed by atoms with Gasteiger partial charge in [0.15, 0.2) is 0 Å². The quantitative estimate of drug-likeness (QED) is 0.125. The van der Waals surface area contributed by atoms with E-state index in [1.165, 1.54) is 5.56 Å². The van der Waals surface area contributed by atoms with Crippen LogP contribution in [0.1, 0.15) is 40.4 Å². The Hall–Kier alpha value is -6.90. The maximum atomic E-state index is 6.74. The zero-order valence-electron chi connectivity index (χ0n) is 30.2. The van der Waals surface area contributed by atoms with Gasteiger partial charge in [-0.2, -0.15) is 0 Å². The van der Waals surface area contributed by atoms with Crippen molar-refractivity contribution in [3.8, 4) is 0 Å². The molecule has 54 heavy (non-hydrogen) atoms. The van der Waals surface area contributed by atoms with Crippen LogP contribution in [0.15, 0.2) is 224 Å². The molecular formula is C52H41NO. The van der Waals surface area contributed by atoms with E-state index in [1.54, 1.807) is 0 Å². The predicted octanol–water partition coefficient (Wildman–Crippen LogP) is 14.3. The van der Waals surface area contributed by atoms with Crippen LogP contribution in [0, 0.1) is 0 Å². The Morgan fingerprint density at radius 2 is 1.43 bits per heavy atom. The number of nitrogens with zero attached hydrogens (tertiary/aromatic N) is 1. The number of para-hydroxylation sites is 1. The first-order valence-corrected chi connectivity index (χ1v) is 18.4. The molecule has 8 rings (SSSR count). The van der Waals surface area contributed by atoms with Crippen molar-refractivity contribution in [2.24, 2.45) is 0 Å². The molecule has 2 heteroatoms. The van der Waals surface area contributed by atoms with Crippen molar-refractivity contribution < 1.29 is 4.42 Å². The second kappa shape index (κ2) is 15.8. The monoisotopic (exact) mass is 695 g/mol. The van der Waals surface area contributed by atoms with Crippen LogP contribution >= 0.6 is 0 Å². The molecule has 0 radical (unpaired) electrons. The van der Waals surface area contributed by atoms with Crippen LogP contribution in [0.25, 0.3) is 39.0 Å². The summed E-state index contributed by atoms with van der Waals surface area (Å²) in [6, 6.07) is 53.3. The predicted molar refractivity (Wildman–Crippen MR) is 231 cm³/mol. The van der Waals surface area contributed by atoms with Crippen molar-refractivity contribution in [1.29, 1.82) is 0 Å². The smallest absolute Gasteiger partial charge is 0.142 e. The number of benzene rings is 6. The van der Waals surface area contributed by atoms with Crippen LogP contribution in [0.5, 0.6) is 0 Å². The van der Waals surface area contributed by atoms with Crippen molar-refractivity contribution in [2.75, 3.05) is 4.90 Å². The first-order valence-electron chi connectivity index (χ1n) is 18.4. The summed E-state index contributed by atoms with van der Waals surface area (Å²) in [7, 11) is 0. The topological polar surface area (TPSA) is 16.4 Å². The highest BCUT2D eigenvalue weighted by Gasteiger charge is 2.23. The van der Waals surface area contributed by atoms with Gasteiger partial charge >= 0.3 is 0 Å². The summed E-state index contributed by atoms with van der Waals surface area (Å²) in [6.07, 6.45) is 20.0. The Morgan fingerprint density at radius 1 is 0.704 bits per heavy atom. The Kier molecular flexibility index (Phi) is 9.99. The van der Waals surface area contributed by atoms with E-state index in [1.807, 2.05) is 30.4 Å². The summed E-state index contributed by atoms with van der Waals surface area (Å²) in [5.74, 6) is 1.05. The standard InChI is InChI=1S/C52H41NO/c1-3-17-49(51-37-44-33-32-42-23-11-12-27-47(42)52(44)54-51)48-28-13-14-29-50(48)53(46-26-16-25-43(36-46)41-21-9-6-10-22-41)45-34-30-38(31-35-45)18-15-24-39(4-2)40-19-7-5-8-20-40/h3-24,26-37,43H,1-2,25H2/b18-15+,39-24+,49-17-. The summed E-state index contributed by atoms with van der Waals surface area (Å²) < 4.78 is 6.74. The zero-order valence-corrected chi connectivity index (χ0v) is 30.2. The van der Waals surface area contributed by atoms with Gasteiger partial charge in [0.2, 0.25) is 0 Å². The molecule has 1 atom stereocenters. The highest BCUT2D eigenvalue weighted by molar-refractivity contribution is 6.05. The molecule has 1 aromatic heterocycles. The first-order chi connectivity index (χ1) is 26.7. The molecule has 0 aliphatic heterocycles. The summed E-state index contributed by atoms with van der Waals surface area (Å²) >= 11 is 0. The van der Waals surface area contributed by atoms with Crippen LogP contribution in [0.4, 0.5) is 11.4 Å². The lowest BCUT2D eigenvalue weighted by Crippen LogP contribution is -2.19. The fourth-order valence-electron chi connectivity index (χ4n) is 7.30. The second-order valence-electron chi connectivity index (χ2n) is 13.4. The molecule has 0 fully saturated rings. The minimum absolute atomic E-state index is 0.255. The molecule has 1 heterocycles. The van der Waals surface area contributed by atoms with Crippen molar-refractivity contribution in [3.63, 3.8) is 0 Å². The van der Waals surface area contributed by atoms with Crippen LogP contribution < -0.4 is 4.90 Å². The zero-order chi connectivity index (χ0) is 36.7. The Morgan fingerprint density at radius 3 is 2.22 bits per heavy atom. The van der Waals surface area contributed by atoms with Gasteiger partial charge < -0.3 is 9.32 Å². The van der Waals surface area contributed by atoms with Gasteiger partial charge in [-0.3, -0.25) is 0 Å². The fourth-order valence-corrected chi connectivity index (χ4v) is 7.30. The largest absolute Gasteiger partial charge is 0.455 e. The molecule has 260 valence electrons. The normalized spacial score (nSPS) is 14.7. The van der Waals surface area contributed by atoms with Crippen LogP contribution in [-0.2, 0) is 0 Å². The average Bonchev–Trinajstić information content (AvgIpc) is 3.68. The molecule has 1 unspecified atom stereocenters. The maximum absolute atomic E-state index is 6.74. The lowest BCUT2D eigenvalue weighted by Gasteiger charge is -2.31. The Bertz CT molecular complexity index is 2590. The summed E-state index contributed by atoms with van der Waals surface area (Å²) in [5, 5.41) is 3.32. The van der Waals surface area contributed by atoms with Crippen molar-refractivity contribution in [2.45, 2.75) is 12.3 Å². The number of hydrogen-bond acceptors (Lipinski definition) is 2. The van der Waals surface area contributed by atoms with Gasteiger partial charge in [0.05, 0.1) is 5.69 Å². The molecule has 0 bridgehead atoms. The third kappa shape index (κ3) is 7.11. The molecule has 1 aliphatic rings. The highest BCUT2D eigenvalue weighted by atomic mass is 16.3. The van der Waals surface area contributed by atoms with Gasteiger partial charge in [-0.1, -0.05) is 189 Å². The molecular weight excluding hydrogens is 655 g/mol. The van der Waals surface area contributed by atoms with E-state index in [2.05, 4.69) is 194 Å². The SMILES string of the molecule is C=C/C=C(\c1cc2ccc3ccccc3c2o1)c1ccccc1N(C1=CC(c2ccccc2)CC=C1)c1ccc(/C=C/C=C(\C=C)c2ccccc2)cc1. The Balaban J connectivity index is 1.22. The molecule has 0 saturated carbocycles. The minimum Gasteiger partial charge on any atom is -0.455 e. The van der Waals surface area contributed by atoms with E-state index in [0.717, 1.165) is 78.8 Å². The minimum atomic E-state index is 0.255. The molecule has 0 N–H and O–H groups in total. The highest BCUT2D eigenvalue weighted by Crippen LogP contribution is 2.42. The molecule has 0 saturated heterocycles. The number of hydrogen-bond donors (Lipinski definition) is 0. The van der Waals surface area contributed by atoms with E-state index in [-0.39, 0.29) is 5.92 Å². The number of fused-ring (bicyclic) bond motifs is 3. The lowest BCUT2D eigenvalue weighted by atomic mass is 9.90. The van der Waals surface area contributed by atoms with Crippen LogP contribution in [0.3, 0.4) is 0 Å². The van der Waals surface area contributed by atoms with Crippen molar-refractivity contribution in [3.05, 3.63) is 247 Å². The molecule has 0 amide bonds. The van der Waals surface area contributed by atoms with Crippen molar-refractivity contribution >= 4 is 50.3 Å². The van der Waals surface area contributed by atoms with Gasteiger partial charge in [0.1, 0.15) is 11.3 Å². The maximum Gasteiger partial charge on any atom is 0.142 e. The van der Waals surface area contributed by atoms with Gasteiger partial charge in [-0.05, 0) is 64.4 Å². The van der Waals surface area contributed by atoms with E-state index in [0.29, 0.717) is 0 Å². The molecule has 7 aromatic rings. The van der Waals surface area contributed by atoms with Gasteiger partial charge in [-0.15, -0.1) is 0 Å². The van der Waals surface area contributed by atoms with E-state index >= 15 is 0 Å². The summed E-state index contributed by atoms with van der Waals surface area (Å²) in [6.45, 7) is 8.15. The third-order valence-corrected chi connectivity index (χ3v) is 9.97. The average molecular weight is 696 g/mol. The number of allylic oxidation sites excluding steroid dienone is 9. The second-order valence-corrected chi connectivity index (χ2v) is 13.4. The number of anilines is 2. The van der Waals surface area contributed by atoms with Crippen LogP contribution in [-0.4, -0.2) is 0 Å². The van der Waals surface area contributed by atoms with Crippen LogP contribution in [0.2, 0.25) is 0 Å². The van der Waals surface area contributed by atoms with Gasteiger partial charge in [-0.25, -0.2) is 0 Å².